The molecule has 0 saturated carbocycles. The first-order valence-electron chi connectivity index (χ1n) is 10.1. The molecule has 28 heavy (non-hydrogen) atoms. The van der Waals surface area contributed by atoms with Gasteiger partial charge < -0.3 is 15.1 Å². The molecule has 2 N–H and O–H groups in total. The Morgan fingerprint density at radius 3 is 2.71 bits per heavy atom. The van der Waals surface area contributed by atoms with Crippen LogP contribution in [0.4, 0.5) is 0 Å². The molecule has 2 heterocycles. The van der Waals surface area contributed by atoms with Crippen molar-refractivity contribution in [1.82, 2.24) is 20.4 Å². The summed E-state index contributed by atoms with van der Waals surface area (Å²) >= 11 is 0. The molecule has 0 radical (unpaired) electrons. The van der Waals surface area contributed by atoms with E-state index in [-0.39, 0.29) is 6.04 Å². The number of benzene rings is 1. The number of rotatable bonds is 8. The number of hydrogen-bond acceptors (Lipinski definition) is 4. The molecule has 2 atom stereocenters. The van der Waals surface area contributed by atoms with Gasteiger partial charge in [0.25, 0.3) is 0 Å². The van der Waals surface area contributed by atoms with E-state index < -0.39 is 0 Å². The second-order valence-electron chi connectivity index (χ2n) is 7.58. The highest BCUT2D eigenvalue weighted by Gasteiger charge is 2.24. The minimum absolute atomic E-state index is 0.162. The molecule has 0 aliphatic carbocycles. The summed E-state index contributed by atoms with van der Waals surface area (Å²) in [6.07, 6.45) is 4.20. The Labute approximate surface area is 168 Å². The fraction of sp³-hybridized carbons (Fsp3) is 0.500. The summed E-state index contributed by atoms with van der Waals surface area (Å²) in [6.45, 7) is 3.81. The summed E-state index contributed by atoms with van der Waals surface area (Å²) in [7, 11) is 5.94. The smallest absolute Gasteiger partial charge is 0.191 e. The predicted octanol–water partition coefficient (Wildman–Crippen LogP) is 2.71. The molecule has 0 bridgehead atoms. The Hall–Kier alpha value is -2.31. The van der Waals surface area contributed by atoms with Crippen LogP contribution in [0.2, 0.25) is 0 Å². The minimum atomic E-state index is 0.162. The molecule has 1 aliphatic rings. The third-order valence-electron chi connectivity index (χ3n) is 5.41. The van der Waals surface area contributed by atoms with Crippen molar-refractivity contribution in [3.8, 4) is 0 Å². The van der Waals surface area contributed by atoms with Gasteiger partial charge in [-0.15, -0.1) is 0 Å². The number of nitrogens with zero attached hydrogens (tertiary/aromatic N) is 3. The zero-order valence-corrected chi connectivity index (χ0v) is 17.3. The summed E-state index contributed by atoms with van der Waals surface area (Å²) < 4.78 is 5.59. The van der Waals surface area contributed by atoms with E-state index in [0.717, 1.165) is 37.9 Å². The van der Waals surface area contributed by atoms with E-state index in [2.05, 4.69) is 69.9 Å². The predicted molar refractivity (Wildman–Crippen MR) is 114 cm³/mol. The van der Waals surface area contributed by atoms with Crippen LogP contribution in [0, 0.1) is 0 Å². The molecule has 152 valence electrons. The van der Waals surface area contributed by atoms with Gasteiger partial charge in [0, 0.05) is 32.7 Å². The highest BCUT2D eigenvalue weighted by atomic mass is 16.3. The number of likely N-dealkylation sites (tertiary alicyclic amines) is 1. The Bertz CT molecular complexity index is 714. The SMILES string of the molecule is CN=C(NCC(c1ccco1)N(C)C)NCC1CCCN1Cc1ccccc1. The van der Waals surface area contributed by atoms with E-state index in [1.54, 1.807) is 6.26 Å². The molecule has 2 unspecified atom stereocenters. The van der Waals surface area contributed by atoms with Crippen molar-refractivity contribution < 1.29 is 4.42 Å². The summed E-state index contributed by atoms with van der Waals surface area (Å²) in [5, 5.41) is 6.96. The highest BCUT2D eigenvalue weighted by molar-refractivity contribution is 5.79. The van der Waals surface area contributed by atoms with Gasteiger partial charge in [-0.25, -0.2) is 0 Å². The lowest BCUT2D eigenvalue weighted by molar-refractivity contribution is 0.244. The number of likely N-dealkylation sites (N-methyl/N-ethyl adjacent to an activating group) is 1. The first-order valence-corrected chi connectivity index (χ1v) is 10.1. The Morgan fingerprint density at radius 2 is 2.04 bits per heavy atom. The van der Waals surface area contributed by atoms with Crippen molar-refractivity contribution >= 4 is 5.96 Å². The molecule has 1 saturated heterocycles. The average Bonchev–Trinajstić information content (AvgIpc) is 3.37. The summed E-state index contributed by atoms with van der Waals surface area (Å²) in [6, 6.07) is 15.4. The monoisotopic (exact) mass is 383 g/mol. The van der Waals surface area contributed by atoms with Gasteiger partial charge in [0.15, 0.2) is 5.96 Å². The number of hydrogen-bond donors (Lipinski definition) is 2. The number of furan rings is 1. The van der Waals surface area contributed by atoms with Crippen LogP contribution in [0.5, 0.6) is 0 Å². The van der Waals surface area contributed by atoms with Crippen LogP contribution in [0.25, 0.3) is 0 Å². The molecule has 1 aromatic heterocycles. The summed E-state index contributed by atoms with van der Waals surface area (Å²) in [4.78, 5) is 9.12. The van der Waals surface area contributed by atoms with Crippen molar-refractivity contribution in [2.75, 3.05) is 40.8 Å². The zero-order chi connectivity index (χ0) is 19.8. The van der Waals surface area contributed by atoms with E-state index in [0.29, 0.717) is 6.04 Å². The second kappa shape index (κ2) is 10.3. The van der Waals surface area contributed by atoms with Crippen LogP contribution >= 0.6 is 0 Å². The average molecular weight is 384 g/mol. The van der Waals surface area contributed by atoms with Crippen LogP contribution in [0.3, 0.4) is 0 Å². The lowest BCUT2D eigenvalue weighted by Gasteiger charge is -2.27. The highest BCUT2D eigenvalue weighted by Crippen LogP contribution is 2.20. The molecular formula is C22H33N5O. The van der Waals surface area contributed by atoms with Crippen molar-refractivity contribution in [2.45, 2.75) is 31.5 Å². The Balaban J connectivity index is 1.49. The van der Waals surface area contributed by atoms with E-state index in [9.17, 15) is 0 Å². The first-order chi connectivity index (χ1) is 13.7. The third kappa shape index (κ3) is 5.59. The number of guanidine groups is 1. The van der Waals surface area contributed by atoms with E-state index in [4.69, 9.17) is 4.42 Å². The molecule has 0 spiro atoms. The molecule has 2 aromatic rings. The van der Waals surface area contributed by atoms with Crippen molar-refractivity contribution in [3.05, 3.63) is 60.1 Å². The molecule has 6 nitrogen and oxygen atoms in total. The van der Waals surface area contributed by atoms with Gasteiger partial charge in [-0.2, -0.15) is 0 Å². The normalized spacial score (nSPS) is 19.1. The van der Waals surface area contributed by atoms with Gasteiger partial charge in [0.05, 0.1) is 12.3 Å². The van der Waals surface area contributed by atoms with Gasteiger partial charge in [0.1, 0.15) is 5.76 Å². The maximum atomic E-state index is 5.59. The Kier molecular flexibility index (Phi) is 7.51. The van der Waals surface area contributed by atoms with Crippen LogP contribution in [-0.2, 0) is 6.54 Å². The number of aliphatic imine (C=N–C) groups is 1. The third-order valence-corrected chi connectivity index (χ3v) is 5.41. The van der Waals surface area contributed by atoms with Gasteiger partial charge >= 0.3 is 0 Å². The summed E-state index contributed by atoms with van der Waals surface area (Å²) in [5.74, 6) is 1.79. The summed E-state index contributed by atoms with van der Waals surface area (Å²) in [5.41, 5.74) is 1.38. The lowest BCUT2D eigenvalue weighted by Crippen LogP contribution is -2.46. The van der Waals surface area contributed by atoms with Crippen molar-refractivity contribution in [3.63, 3.8) is 0 Å². The van der Waals surface area contributed by atoms with Gasteiger partial charge in [-0.1, -0.05) is 30.3 Å². The number of nitrogens with one attached hydrogen (secondary N) is 2. The van der Waals surface area contributed by atoms with Crippen LogP contribution in [0.15, 0.2) is 58.1 Å². The van der Waals surface area contributed by atoms with E-state index in [1.165, 1.54) is 18.4 Å². The molecular weight excluding hydrogens is 350 g/mol. The maximum absolute atomic E-state index is 5.59. The minimum Gasteiger partial charge on any atom is -0.468 e. The standard InChI is InChI=1S/C22H33N5O/c1-23-22(25-16-20(26(2)3)21-12-8-14-28-21)24-15-19-11-7-13-27(19)17-18-9-5-4-6-10-18/h4-6,8-10,12,14,19-20H,7,11,13,15-17H2,1-3H3,(H2,23,24,25). The van der Waals surface area contributed by atoms with E-state index >= 15 is 0 Å². The molecule has 1 aromatic carbocycles. The van der Waals surface area contributed by atoms with Crippen molar-refractivity contribution in [1.29, 1.82) is 0 Å². The van der Waals surface area contributed by atoms with Crippen LogP contribution < -0.4 is 10.6 Å². The van der Waals surface area contributed by atoms with Gasteiger partial charge in [-0.3, -0.25) is 14.8 Å². The quantitative estimate of drug-likeness (QED) is 0.542. The molecule has 0 amide bonds. The van der Waals surface area contributed by atoms with Crippen molar-refractivity contribution in [2.24, 2.45) is 4.99 Å². The van der Waals surface area contributed by atoms with Gasteiger partial charge in [0.2, 0.25) is 0 Å². The largest absolute Gasteiger partial charge is 0.468 e. The van der Waals surface area contributed by atoms with Gasteiger partial charge in [-0.05, 0) is 51.2 Å². The maximum Gasteiger partial charge on any atom is 0.191 e. The molecule has 3 rings (SSSR count). The van der Waals surface area contributed by atoms with Crippen LogP contribution in [0.1, 0.15) is 30.2 Å². The molecule has 1 fully saturated rings. The fourth-order valence-electron chi connectivity index (χ4n) is 3.80. The van der Waals surface area contributed by atoms with Crippen LogP contribution in [-0.4, -0.2) is 62.6 Å². The fourth-order valence-corrected chi connectivity index (χ4v) is 3.80. The lowest BCUT2D eigenvalue weighted by atomic mass is 10.2. The second-order valence-corrected chi connectivity index (χ2v) is 7.58. The Morgan fingerprint density at radius 1 is 1.21 bits per heavy atom. The first kappa shape index (κ1) is 20.4. The topological polar surface area (TPSA) is 56.0 Å². The van der Waals surface area contributed by atoms with E-state index in [1.807, 2.05) is 19.2 Å². The molecule has 6 heteroatoms. The zero-order valence-electron chi connectivity index (χ0n) is 17.3. The molecule has 1 aliphatic heterocycles.